The summed E-state index contributed by atoms with van der Waals surface area (Å²) in [6.45, 7) is 13.3. The number of allylic oxidation sites excluding steroid dienone is 2. The van der Waals surface area contributed by atoms with Crippen molar-refractivity contribution in [3.63, 3.8) is 0 Å². The minimum atomic E-state index is -1.51. The molecule has 0 aromatic rings. The molecule has 0 bridgehead atoms. The Labute approximate surface area is 268 Å². The number of aliphatic carboxylic acids is 1. The van der Waals surface area contributed by atoms with Crippen LogP contribution in [0.5, 0.6) is 0 Å². The van der Waals surface area contributed by atoms with Crippen LogP contribution < -0.4 is 0 Å². The molecule has 6 aliphatic rings. The lowest BCUT2D eigenvalue weighted by atomic mass is 9.33. The molecule has 0 amide bonds. The molecule has 5 aliphatic carbocycles. The Morgan fingerprint density at radius 1 is 0.889 bits per heavy atom. The molecule has 45 heavy (non-hydrogen) atoms. The zero-order valence-electron chi connectivity index (χ0n) is 28.2. The molecule has 1 heterocycles. The fraction of sp³-hybridized carbons (Fsp3) is 0.917. The summed E-state index contributed by atoms with van der Waals surface area (Å²) in [6.07, 6.45) is 3.78. The van der Waals surface area contributed by atoms with Gasteiger partial charge in [-0.25, -0.2) is 0 Å². The van der Waals surface area contributed by atoms with Gasteiger partial charge in [0, 0.05) is 5.41 Å². The highest BCUT2D eigenvalue weighted by Crippen LogP contribution is 2.76. The Morgan fingerprint density at radius 2 is 1.58 bits per heavy atom. The Bertz CT molecular complexity index is 1200. The quantitative estimate of drug-likeness (QED) is 0.194. The lowest BCUT2D eigenvalue weighted by Gasteiger charge is -2.71. The van der Waals surface area contributed by atoms with Gasteiger partial charge in [-0.05, 0) is 104 Å². The van der Waals surface area contributed by atoms with Crippen LogP contribution in [0.2, 0.25) is 0 Å². The molecule has 14 atom stereocenters. The van der Waals surface area contributed by atoms with Crippen LogP contribution in [0.25, 0.3) is 0 Å². The number of carboxylic acids is 1. The predicted octanol–water partition coefficient (Wildman–Crippen LogP) is 4.03. The summed E-state index contributed by atoms with van der Waals surface area (Å²) in [4.78, 5) is 12.9. The van der Waals surface area contributed by atoms with Gasteiger partial charge >= 0.3 is 5.97 Å². The second kappa shape index (κ2) is 11.0. The van der Waals surface area contributed by atoms with Gasteiger partial charge < -0.3 is 40.1 Å². The molecular formula is C36H58O9. The topological polar surface area (TPSA) is 157 Å². The maximum atomic E-state index is 12.9. The summed E-state index contributed by atoms with van der Waals surface area (Å²) in [5.74, 6) is -0.0763. The molecule has 0 aromatic heterocycles. The SMILES string of the molecule is CC1(C)CC[C@]2(C(=O)O)CC[C@]3(C)C(=CC[C@@H]4[C@@]5(C)CC[C@H](O[C@@H]6O[C@H](CO)[C@H](O)[C@H](O)[C@H]6O)[C@@](C)(CO)[C@@H]5CC[C@]43C)[C@@H]2C1. The number of carbonyl (C=O) groups is 1. The minimum absolute atomic E-state index is 0.0179. The van der Waals surface area contributed by atoms with E-state index < -0.39 is 60.2 Å². The van der Waals surface area contributed by atoms with Crippen LogP contribution in [-0.4, -0.2) is 86.6 Å². The number of rotatable bonds is 5. The van der Waals surface area contributed by atoms with E-state index >= 15 is 0 Å². The number of aliphatic hydroxyl groups excluding tert-OH is 5. The second-order valence-electron chi connectivity index (χ2n) is 17.7. The molecule has 6 rings (SSSR count). The number of hydrogen-bond donors (Lipinski definition) is 6. The lowest BCUT2D eigenvalue weighted by Crippen LogP contribution is -2.67. The predicted molar refractivity (Wildman–Crippen MR) is 167 cm³/mol. The summed E-state index contributed by atoms with van der Waals surface area (Å²) in [5.41, 5.74) is -0.00794. The molecule has 0 unspecified atom stereocenters. The average Bonchev–Trinajstić information content (AvgIpc) is 2.98. The van der Waals surface area contributed by atoms with E-state index in [0.29, 0.717) is 12.3 Å². The number of hydrogen-bond acceptors (Lipinski definition) is 8. The molecule has 6 N–H and O–H groups in total. The number of fused-ring (bicyclic) bond motifs is 7. The van der Waals surface area contributed by atoms with E-state index in [0.717, 1.165) is 57.8 Å². The highest BCUT2D eigenvalue weighted by Gasteiger charge is 2.70. The first-order valence-electron chi connectivity index (χ1n) is 17.4. The van der Waals surface area contributed by atoms with Crippen molar-refractivity contribution < 1.29 is 44.9 Å². The zero-order chi connectivity index (χ0) is 33.0. The van der Waals surface area contributed by atoms with Gasteiger partial charge in [0.25, 0.3) is 0 Å². The molecule has 5 fully saturated rings. The van der Waals surface area contributed by atoms with Crippen LogP contribution in [0.15, 0.2) is 11.6 Å². The van der Waals surface area contributed by atoms with E-state index in [-0.39, 0.29) is 40.1 Å². The van der Waals surface area contributed by atoms with E-state index in [4.69, 9.17) is 9.47 Å². The van der Waals surface area contributed by atoms with Gasteiger partial charge in [0.15, 0.2) is 6.29 Å². The second-order valence-corrected chi connectivity index (χ2v) is 17.7. The monoisotopic (exact) mass is 634 g/mol. The van der Waals surface area contributed by atoms with E-state index in [1.165, 1.54) is 5.57 Å². The van der Waals surface area contributed by atoms with Crippen LogP contribution in [0.4, 0.5) is 0 Å². The van der Waals surface area contributed by atoms with Gasteiger partial charge in [0.2, 0.25) is 0 Å². The first kappa shape index (κ1) is 33.8. The minimum Gasteiger partial charge on any atom is -0.481 e. The molecule has 4 saturated carbocycles. The summed E-state index contributed by atoms with van der Waals surface area (Å²) < 4.78 is 12.1. The molecule has 1 saturated heterocycles. The van der Waals surface area contributed by atoms with E-state index in [9.17, 15) is 35.4 Å². The summed E-state index contributed by atoms with van der Waals surface area (Å²) in [6, 6.07) is 0. The molecule has 0 radical (unpaired) electrons. The van der Waals surface area contributed by atoms with Gasteiger partial charge in [-0.1, -0.05) is 53.2 Å². The van der Waals surface area contributed by atoms with E-state index in [2.05, 4.69) is 47.6 Å². The van der Waals surface area contributed by atoms with Gasteiger partial charge in [-0.2, -0.15) is 0 Å². The Morgan fingerprint density at radius 3 is 2.22 bits per heavy atom. The fourth-order valence-electron chi connectivity index (χ4n) is 12.2. The average molecular weight is 635 g/mol. The van der Waals surface area contributed by atoms with Crippen molar-refractivity contribution in [2.75, 3.05) is 13.2 Å². The molecular weight excluding hydrogens is 576 g/mol. The Kier molecular flexibility index (Phi) is 8.25. The van der Waals surface area contributed by atoms with E-state index in [1.807, 2.05) is 0 Å². The van der Waals surface area contributed by atoms with Crippen molar-refractivity contribution in [1.29, 1.82) is 0 Å². The standard InChI is InChI=1S/C36H58O9/c1-31(2)13-15-36(30(42)43)16-14-34(5)20(21(36)17-31)7-8-24-32(3)11-10-25(33(4,19-38)23(32)9-12-35(24,34)6)45-29-28(41)27(40)26(39)22(18-37)44-29/h7,21-29,37-41H,8-19H2,1-6H3,(H,42,43)/t21-,22+,23+,24+,25-,26-,27-,28+,29-,32-,33-,34+,35+,36-/m0/s1. The number of aliphatic hydroxyl groups is 5. The highest BCUT2D eigenvalue weighted by atomic mass is 16.7. The molecule has 9 heteroatoms. The van der Waals surface area contributed by atoms with Crippen LogP contribution in [0.3, 0.4) is 0 Å². The van der Waals surface area contributed by atoms with Gasteiger partial charge in [0.1, 0.15) is 24.4 Å². The molecule has 9 nitrogen and oxygen atoms in total. The van der Waals surface area contributed by atoms with Crippen molar-refractivity contribution in [3.05, 3.63) is 11.6 Å². The first-order valence-corrected chi connectivity index (χ1v) is 17.4. The van der Waals surface area contributed by atoms with Crippen molar-refractivity contribution in [1.82, 2.24) is 0 Å². The molecule has 0 spiro atoms. The Hall–Kier alpha value is -1.07. The highest BCUT2D eigenvalue weighted by molar-refractivity contribution is 5.76. The Balaban J connectivity index is 1.31. The van der Waals surface area contributed by atoms with Gasteiger partial charge in [-0.15, -0.1) is 0 Å². The normalized spacial score (nSPS) is 54.1. The first-order chi connectivity index (χ1) is 20.9. The fourth-order valence-corrected chi connectivity index (χ4v) is 12.2. The largest absolute Gasteiger partial charge is 0.481 e. The molecule has 1 aliphatic heterocycles. The van der Waals surface area contributed by atoms with Crippen LogP contribution >= 0.6 is 0 Å². The lowest BCUT2D eigenvalue weighted by molar-refractivity contribution is -0.333. The maximum absolute atomic E-state index is 12.9. The summed E-state index contributed by atoms with van der Waals surface area (Å²) in [5, 5.41) is 62.7. The van der Waals surface area contributed by atoms with Crippen molar-refractivity contribution in [2.24, 2.45) is 50.2 Å². The molecule has 0 aromatic carbocycles. The number of ether oxygens (including phenoxy) is 2. The van der Waals surface area contributed by atoms with Gasteiger partial charge in [-0.3, -0.25) is 4.79 Å². The van der Waals surface area contributed by atoms with Crippen molar-refractivity contribution in [3.8, 4) is 0 Å². The molecule has 256 valence electrons. The zero-order valence-corrected chi connectivity index (χ0v) is 28.2. The van der Waals surface area contributed by atoms with Crippen molar-refractivity contribution in [2.45, 2.75) is 143 Å². The number of carboxylic acid groups (broad SMARTS) is 1. The van der Waals surface area contributed by atoms with Gasteiger partial charge in [0.05, 0.1) is 24.7 Å². The third-order valence-electron chi connectivity index (χ3n) is 15.3. The van der Waals surface area contributed by atoms with Crippen LogP contribution in [0, 0.1) is 50.2 Å². The van der Waals surface area contributed by atoms with Crippen LogP contribution in [0.1, 0.15) is 106 Å². The van der Waals surface area contributed by atoms with E-state index in [1.54, 1.807) is 0 Å². The summed E-state index contributed by atoms with van der Waals surface area (Å²) in [7, 11) is 0. The summed E-state index contributed by atoms with van der Waals surface area (Å²) >= 11 is 0. The maximum Gasteiger partial charge on any atom is 0.310 e. The third kappa shape index (κ3) is 4.61. The van der Waals surface area contributed by atoms with Crippen molar-refractivity contribution >= 4 is 5.97 Å². The third-order valence-corrected chi connectivity index (χ3v) is 15.3. The smallest absolute Gasteiger partial charge is 0.310 e. The van der Waals surface area contributed by atoms with Crippen LogP contribution in [-0.2, 0) is 14.3 Å².